The predicted molar refractivity (Wildman–Crippen MR) is 66.0 cm³/mol. The fourth-order valence-electron chi connectivity index (χ4n) is 2.74. The van der Waals surface area contributed by atoms with Crippen LogP contribution in [0.3, 0.4) is 0 Å². The molecule has 0 saturated heterocycles. The molecule has 0 aromatic rings. The monoisotopic (exact) mass is 250 g/mol. The first-order chi connectivity index (χ1) is 8.60. The van der Waals surface area contributed by atoms with Crippen LogP contribution in [0.1, 0.15) is 38.5 Å². The Kier molecular flexibility index (Phi) is 3.55. The molecule has 1 unspecified atom stereocenters. The number of ether oxygens (including phenoxy) is 1. The third kappa shape index (κ3) is 2.07. The van der Waals surface area contributed by atoms with Crippen molar-refractivity contribution in [3.63, 3.8) is 0 Å². The third-order valence-electron chi connectivity index (χ3n) is 3.88. The van der Waals surface area contributed by atoms with Gasteiger partial charge in [0.2, 0.25) is 0 Å². The Hall–Kier alpha value is -1.58. The molecule has 0 radical (unpaired) electrons. The quantitative estimate of drug-likeness (QED) is 0.617. The number of hydrogen-bond donors (Lipinski definition) is 1. The Bertz CT molecular complexity index is 433. The third-order valence-corrected chi connectivity index (χ3v) is 3.88. The van der Waals surface area contributed by atoms with E-state index in [1.165, 1.54) is 19.1 Å². The minimum atomic E-state index is -1.40. The molecule has 1 atom stereocenters. The molecule has 0 amide bonds. The van der Waals surface area contributed by atoms with Crippen molar-refractivity contribution in [3.8, 4) is 0 Å². The van der Waals surface area contributed by atoms with Crippen molar-refractivity contribution in [1.29, 1.82) is 0 Å². The van der Waals surface area contributed by atoms with Gasteiger partial charge in [-0.05, 0) is 49.7 Å². The van der Waals surface area contributed by atoms with Crippen molar-refractivity contribution < 1.29 is 19.4 Å². The summed E-state index contributed by atoms with van der Waals surface area (Å²) in [5.41, 5.74) is 0.832. The van der Waals surface area contributed by atoms with E-state index in [1.54, 1.807) is 0 Å². The SMILES string of the molecule is COC(=O)C1(C(=O)O)CC=C(C2=CCCCC2)C1. The van der Waals surface area contributed by atoms with Crippen molar-refractivity contribution in [1.82, 2.24) is 0 Å². The van der Waals surface area contributed by atoms with Gasteiger partial charge in [-0.25, -0.2) is 0 Å². The van der Waals surface area contributed by atoms with Crippen molar-refractivity contribution in [2.24, 2.45) is 5.41 Å². The number of allylic oxidation sites excluding steroid dienone is 4. The molecule has 2 aliphatic carbocycles. The first-order valence-corrected chi connectivity index (χ1v) is 6.30. The molecule has 0 aliphatic heterocycles. The molecule has 0 aromatic heterocycles. The van der Waals surface area contributed by atoms with Crippen LogP contribution in [-0.4, -0.2) is 24.2 Å². The van der Waals surface area contributed by atoms with E-state index in [0.29, 0.717) is 0 Å². The highest BCUT2D eigenvalue weighted by molar-refractivity contribution is 6.00. The van der Waals surface area contributed by atoms with Crippen molar-refractivity contribution in [2.45, 2.75) is 38.5 Å². The highest BCUT2D eigenvalue weighted by atomic mass is 16.5. The molecule has 98 valence electrons. The average molecular weight is 250 g/mol. The molecule has 4 heteroatoms. The number of aliphatic carboxylic acids is 1. The van der Waals surface area contributed by atoms with E-state index in [2.05, 4.69) is 10.8 Å². The Morgan fingerprint density at radius 2 is 2.06 bits per heavy atom. The average Bonchev–Trinajstić information content (AvgIpc) is 2.85. The maximum absolute atomic E-state index is 11.7. The van der Waals surface area contributed by atoms with Crippen LogP contribution in [0.5, 0.6) is 0 Å². The summed E-state index contributed by atoms with van der Waals surface area (Å²) in [5.74, 6) is -1.73. The van der Waals surface area contributed by atoms with E-state index in [9.17, 15) is 14.7 Å². The van der Waals surface area contributed by atoms with E-state index in [-0.39, 0.29) is 12.8 Å². The summed E-state index contributed by atoms with van der Waals surface area (Å²) in [5, 5.41) is 9.33. The molecule has 1 N–H and O–H groups in total. The van der Waals surface area contributed by atoms with Gasteiger partial charge < -0.3 is 9.84 Å². The van der Waals surface area contributed by atoms with Gasteiger partial charge in [0.15, 0.2) is 5.41 Å². The number of carbonyl (C=O) groups is 2. The van der Waals surface area contributed by atoms with Gasteiger partial charge in [-0.1, -0.05) is 12.2 Å². The van der Waals surface area contributed by atoms with E-state index >= 15 is 0 Å². The largest absolute Gasteiger partial charge is 0.480 e. The summed E-state index contributed by atoms with van der Waals surface area (Å²) in [7, 11) is 1.24. The molecule has 0 heterocycles. The maximum Gasteiger partial charge on any atom is 0.323 e. The van der Waals surface area contributed by atoms with E-state index in [4.69, 9.17) is 0 Å². The van der Waals surface area contributed by atoms with Crippen LogP contribution >= 0.6 is 0 Å². The number of rotatable bonds is 3. The second kappa shape index (κ2) is 4.96. The normalized spacial score (nSPS) is 27.4. The lowest BCUT2D eigenvalue weighted by Gasteiger charge is -2.22. The molecule has 0 bridgehead atoms. The van der Waals surface area contributed by atoms with Gasteiger partial charge in [0.1, 0.15) is 0 Å². The second-order valence-corrected chi connectivity index (χ2v) is 4.96. The van der Waals surface area contributed by atoms with E-state index in [0.717, 1.165) is 24.8 Å². The van der Waals surface area contributed by atoms with Crippen LogP contribution in [0.15, 0.2) is 23.3 Å². The van der Waals surface area contributed by atoms with Gasteiger partial charge in [0, 0.05) is 0 Å². The molecule has 0 spiro atoms. The van der Waals surface area contributed by atoms with Crippen molar-refractivity contribution in [2.75, 3.05) is 7.11 Å². The standard InChI is InChI=1S/C14H18O4/c1-18-13(17)14(12(15)16)8-7-11(9-14)10-5-3-2-4-6-10/h5,7H,2-4,6,8-9H2,1H3,(H,15,16). The number of carboxylic acid groups (broad SMARTS) is 1. The van der Waals surface area contributed by atoms with Crippen molar-refractivity contribution >= 4 is 11.9 Å². The van der Waals surface area contributed by atoms with Crippen molar-refractivity contribution in [3.05, 3.63) is 23.3 Å². The van der Waals surface area contributed by atoms with Gasteiger partial charge in [-0.2, -0.15) is 0 Å². The fraction of sp³-hybridized carbons (Fsp3) is 0.571. The molecule has 4 nitrogen and oxygen atoms in total. The first-order valence-electron chi connectivity index (χ1n) is 6.30. The fourth-order valence-corrected chi connectivity index (χ4v) is 2.74. The molecule has 0 aromatic carbocycles. The molecule has 2 rings (SSSR count). The smallest absolute Gasteiger partial charge is 0.323 e. The summed E-state index contributed by atoms with van der Waals surface area (Å²) >= 11 is 0. The number of esters is 1. The molecule has 0 fully saturated rings. The molecular weight excluding hydrogens is 232 g/mol. The minimum absolute atomic E-state index is 0.238. The maximum atomic E-state index is 11.7. The Balaban J connectivity index is 2.19. The lowest BCUT2D eigenvalue weighted by atomic mass is 9.82. The highest BCUT2D eigenvalue weighted by Crippen LogP contribution is 2.43. The number of hydrogen-bond acceptors (Lipinski definition) is 3. The Morgan fingerprint density at radius 1 is 1.28 bits per heavy atom. The zero-order valence-electron chi connectivity index (χ0n) is 10.6. The summed E-state index contributed by atoms with van der Waals surface area (Å²) in [4.78, 5) is 23.1. The lowest BCUT2D eigenvalue weighted by molar-refractivity contribution is -0.166. The number of methoxy groups -OCH3 is 1. The molecular formula is C14H18O4. The molecule has 18 heavy (non-hydrogen) atoms. The van der Waals surface area contributed by atoms with Crippen LogP contribution in [-0.2, 0) is 14.3 Å². The van der Waals surface area contributed by atoms with Gasteiger partial charge in [-0.15, -0.1) is 0 Å². The summed E-state index contributed by atoms with van der Waals surface area (Å²) in [6, 6.07) is 0. The van der Waals surface area contributed by atoms with Crippen LogP contribution in [0.2, 0.25) is 0 Å². The lowest BCUT2D eigenvalue weighted by Crippen LogP contribution is -2.38. The highest BCUT2D eigenvalue weighted by Gasteiger charge is 2.50. The van der Waals surface area contributed by atoms with Crippen LogP contribution < -0.4 is 0 Å². The Labute approximate surface area is 106 Å². The van der Waals surface area contributed by atoms with Crippen LogP contribution in [0, 0.1) is 5.41 Å². The van der Waals surface area contributed by atoms with Gasteiger partial charge >= 0.3 is 11.9 Å². The molecule has 2 aliphatic rings. The molecule has 0 saturated carbocycles. The second-order valence-electron chi connectivity index (χ2n) is 4.96. The predicted octanol–water partition coefficient (Wildman–Crippen LogP) is 2.45. The summed E-state index contributed by atoms with van der Waals surface area (Å²) in [6.45, 7) is 0. The summed E-state index contributed by atoms with van der Waals surface area (Å²) in [6.07, 6.45) is 8.93. The summed E-state index contributed by atoms with van der Waals surface area (Å²) < 4.78 is 4.66. The van der Waals surface area contributed by atoms with Crippen LogP contribution in [0.25, 0.3) is 0 Å². The van der Waals surface area contributed by atoms with Gasteiger partial charge in [-0.3, -0.25) is 9.59 Å². The van der Waals surface area contributed by atoms with Gasteiger partial charge in [0.05, 0.1) is 7.11 Å². The van der Waals surface area contributed by atoms with E-state index < -0.39 is 17.4 Å². The number of carboxylic acids is 1. The van der Waals surface area contributed by atoms with Gasteiger partial charge in [0.25, 0.3) is 0 Å². The van der Waals surface area contributed by atoms with Crippen LogP contribution in [0.4, 0.5) is 0 Å². The number of carbonyl (C=O) groups excluding carboxylic acids is 1. The zero-order chi connectivity index (χ0) is 13.2. The minimum Gasteiger partial charge on any atom is -0.480 e. The topological polar surface area (TPSA) is 63.6 Å². The van der Waals surface area contributed by atoms with E-state index in [1.807, 2.05) is 6.08 Å². The first kappa shape index (κ1) is 12.9. The zero-order valence-corrected chi connectivity index (χ0v) is 10.6. The Morgan fingerprint density at radius 3 is 2.61 bits per heavy atom.